The molecule has 1 aliphatic carbocycles. The first kappa shape index (κ1) is 28.5. The Morgan fingerprint density at radius 1 is 0.500 bits per heavy atom. The molecule has 0 unspecified atom stereocenters. The van der Waals surface area contributed by atoms with Gasteiger partial charge in [0.05, 0.1) is 16.7 Å². The molecule has 0 fully saturated rings. The van der Waals surface area contributed by atoms with Gasteiger partial charge in [-0.1, -0.05) is 123 Å². The van der Waals surface area contributed by atoms with Gasteiger partial charge >= 0.3 is 0 Å². The van der Waals surface area contributed by atoms with E-state index in [0.29, 0.717) is 0 Å². The van der Waals surface area contributed by atoms with E-state index in [1.165, 1.54) is 103 Å². The normalized spacial score (nSPS) is 13.7. The van der Waals surface area contributed by atoms with E-state index < -0.39 is 0 Å². The van der Waals surface area contributed by atoms with Gasteiger partial charge in [0.1, 0.15) is 0 Å². The van der Waals surface area contributed by atoms with Crippen molar-refractivity contribution in [1.29, 1.82) is 0 Å². The molecule has 3 heterocycles. The van der Waals surface area contributed by atoms with Gasteiger partial charge < -0.3 is 9.88 Å². The highest BCUT2D eigenvalue weighted by Gasteiger charge is 2.41. The molecule has 12 rings (SSSR count). The summed E-state index contributed by atoms with van der Waals surface area (Å²) in [6, 6.07) is 56.7. The van der Waals surface area contributed by atoms with Gasteiger partial charge in [0, 0.05) is 64.4 Å². The van der Waals surface area contributed by atoms with Crippen molar-refractivity contribution >= 4 is 75.5 Å². The fourth-order valence-electron chi connectivity index (χ4n) is 9.47. The van der Waals surface area contributed by atoms with Crippen LogP contribution < -0.4 is 5.32 Å². The molecule has 10 aromatic rings. The van der Waals surface area contributed by atoms with E-state index in [4.69, 9.17) is 0 Å². The zero-order valence-electron chi connectivity index (χ0n) is 28.8. The minimum absolute atomic E-state index is 0.0705. The van der Waals surface area contributed by atoms with Crippen LogP contribution in [0.3, 0.4) is 0 Å². The number of para-hydroxylation sites is 2. The summed E-state index contributed by atoms with van der Waals surface area (Å²) in [7, 11) is 0. The standard InChI is InChI=1S/C49H32N2S/c1-49(2)40-14-8-12-37-38-13-7-11-33(47(38)51-42-15-5-3-9-34(42)39-23-24-41(49)46(45(37)40)48(39)51)29-18-17-28-19-20-31(26-30(28)25-29)50-32-21-22-36-35-10-4-6-16-43(35)52-44(36)27-32/h3-27,50H,1-2H3. The van der Waals surface area contributed by atoms with Crippen LogP contribution in [0.15, 0.2) is 152 Å². The molecule has 2 nitrogen and oxygen atoms in total. The highest BCUT2D eigenvalue weighted by Crippen LogP contribution is 2.58. The number of hydrogen-bond acceptors (Lipinski definition) is 2. The smallest absolute Gasteiger partial charge is 0.0623 e. The van der Waals surface area contributed by atoms with Gasteiger partial charge in [0.25, 0.3) is 0 Å². The molecule has 3 heteroatoms. The maximum absolute atomic E-state index is 3.72. The van der Waals surface area contributed by atoms with Crippen molar-refractivity contribution in [2.75, 3.05) is 5.32 Å². The minimum atomic E-state index is -0.0705. The van der Waals surface area contributed by atoms with Crippen molar-refractivity contribution in [2.24, 2.45) is 0 Å². The lowest BCUT2D eigenvalue weighted by Gasteiger charge is -2.23. The molecule has 0 saturated carbocycles. The Bertz CT molecular complexity index is 3190. The Morgan fingerprint density at radius 3 is 2.15 bits per heavy atom. The third-order valence-corrected chi connectivity index (χ3v) is 13.0. The second-order valence-corrected chi connectivity index (χ2v) is 16.1. The van der Waals surface area contributed by atoms with Crippen LogP contribution in [0.1, 0.15) is 25.0 Å². The highest BCUT2D eigenvalue weighted by molar-refractivity contribution is 7.25. The number of nitrogens with zero attached hydrogens (tertiary/aromatic N) is 1. The quantitative estimate of drug-likeness (QED) is 0.197. The minimum Gasteiger partial charge on any atom is -0.355 e. The fourth-order valence-corrected chi connectivity index (χ4v) is 10.6. The summed E-state index contributed by atoms with van der Waals surface area (Å²) < 4.78 is 5.22. The Morgan fingerprint density at radius 2 is 1.21 bits per heavy atom. The Labute approximate surface area is 305 Å². The van der Waals surface area contributed by atoms with Crippen molar-refractivity contribution in [1.82, 2.24) is 4.57 Å². The highest BCUT2D eigenvalue weighted by atomic mass is 32.1. The predicted molar refractivity (Wildman–Crippen MR) is 223 cm³/mol. The first-order chi connectivity index (χ1) is 25.5. The topological polar surface area (TPSA) is 17.0 Å². The van der Waals surface area contributed by atoms with E-state index >= 15 is 0 Å². The molecular formula is C49H32N2S. The second kappa shape index (κ2) is 10.00. The number of anilines is 2. The van der Waals surface area contributed by atoms with E-state index in [1.807, 2.05) is 11.3 Å². The van der Waals surface area contributed by atoms with Crippen LogP contribution in [0.2, 0.25) is 0 Å². The van der Waals surface area contributed by atoms with Crippen LogP contribution in [0, 0.1) is 0 Å². The predicted octanol–water partition coefficient (Wildman–Crippen LogP) is 14.0. The number of rotatable bonds is 3. The van der Waals surface area contributed by atoms with Gasteiger partial charge in [0.15, 0.2) is 0 Å². The van der Waals surface area contributed by atoms with E-state index in [2.05, 4.69) is 175 Å². The molecule has 0 radical (unpaired) electrons. The lowest BCUT2D eigenvalue weighted by Crippen LogP contribution is -2.15. The van der Waals surface area contributed by atoms with Gasteiger partial charge in [-0.2, -0.15) is 0 Å². The number of benzene rings is 8. The van der Waals surface area contributed by atoms with Gasteiger partial charge in [-0.25, -0.2) is 0 Å². The van der Waals surface area contributed by atoms with Crippen molar-refractivity contribution in [3.05, 3.63) is 163 Å². The zero-order valence-corrected chi connectivity index (χ0v) is 29.6. The molecule has 244 valence electrons. The van der Waals surface area contributed by atoms with Crippen molar-refractivity contribution in [3.8, 4) is 39.1 Å². The maximum Gasteiger partial charge on any atom is 0.0623 e. The summed E-state index contributed by atoms with van der Waals surface area (Å²) in [5.74, 6) is 0. The summed E-state index contributed by atoms with van der Waals surface area (Å²) in [6.45, 7) is 4.78. The molecule has 0 saturated heterocycles. The molecule has 1 N–H and O–H groups in total. The van der Waals surface area contributed by atoms with Crippen LogP contribution in [0.5, 0.6) is 0 Å². The third-order valence-electron chi connectivity index (χ3n) is 11.9. The summed E-state index contributed by atoms with van der Waals surface area (Å²) in [5, 5.41) is 11.4. The Kier molecular flexibility index (Phi) is 5.49. The molecule has 1 aliphatic heterocycles. The Balaban J connectivity index is 1.06. The summed E-state index contributed by atoms with van der Waals surface area (Å²) >= 11 is 1.85. The maximum atomic E-state index is 3.72. The van der Waals surface area contributed by atoms with Gasteiger partial charge in [-0.05, 0) is 81.1 Å². The zero-order chi connectivity index (χ0) is 34.3. The van der Waals surface area contributed by atoms with Crippen LogP contribution in [0.25, 0.3) is 91.8 Å². The van der Waals surface area contributed by atoms with E-state index in [0.717, 1.165) is 11.4 Å². The lowest BCUT2D eigenvalue weighted by molar-refractivity contribution is 0.661. The Hall–Kier alpha value is -6.16. The number of fused-ring (bicyclic) bond motifs is 10. The average Bonchev–Trinajstić information content (AvgIpc) is 3.76. The third kappa shape index (κ3) is 3.68. The largest absolute Gasteiger partial charge is 0.355 e. The summed E-state index contributed by atoms with van der Waals surface area (Å²) in [5.41, 5.74) is 16.6. The molecule has 0 amide bonds. The van der Waals surface area contributed by atoms with Gasteiger partial charge in [-0.3, -0.25) is 0 Å². The van der Waals surface area contributed by atoms with Crippen molar-refractivity contribution in [3.63, 3.8) is 0 Å². The number of hydrogen-bond donors (Lipinski definition) is 1. The number of thiophene rings is 1. The molecule has 0 atom stereocenters. The van der Waals surface area contributed by atoms with E-state index in [9.17, 15) is 0 Å². The molecular weight excluding hydrogens is 649 g/mol. The molecule has 0 bridgehead atoms. The van der Waals surface area contributed by atoms with E-state index in [-0.39, 0.29) is 5.41 Å². The molecule has 0 spiro atoms. The fraction of sp³-hybridized carbons (Fsp3) is 0.0612. The number of aromatic nitrogens is 1. The first-order valence-corrected chi connectivity index (χ1v) is 18.9. The van der Waals surface area contributed by atoms with Crippen LogP contribution >= 0.6 is 11.3 Å². The van der Waals surface area contributed by atoms with Crippen LogP contribution in [-0.4, -0.2) is 4.57 Å². The van der Waals surface area contributed by atoms with Crippen LogP contribution in [0.4, 0.5) is 11.4 Å². The summed E-state index contributed by atoms with van der Waals surface area (Å²) in [6.07, 6.45) is 0. The van der Waals surface area contributed by atoms with Crippen molar-refractivity contribution < 1.29 is 0 Å². The molecule has 2 aliphatic rings. The second-order valence-electron chi connectivity index (χ2n) is 15.0. The van der Waals surface area contributed by atoms with Crippen molar-refractivity contribution in [2.45, 2.75) is 19.3 Å². The van der Waals surface area contributed by atoms with Gasteiger partial charge in [-0.15, -0.1) is 11.3 Å². The lowest BCUT2D eigenvalue weighted by atomic mass is 9.81. The van der Waals surface area contributed by atoms with Crippen LogP contribution in [-0.2, 0) is 5.41 Å². The monoisotopic (exact) mass is 680 g/mol. The first-order valence-electron chi connectivity index (χ1n) is 18.1. The average molecular weight is 681 g/mol. The van der Waals surface area contributed by atoms with Gasteiger partial charge in [0.2, 0.25) is 0 Å². The molecule has 2 aromatic heterocycles. The summed E-state index contributed by atoms with van der Waals surface area (Å²) in [4.78, 5) is 0. The SMILES string of the molecule is CC1(C)c2cccc3c2-c2c1ccc1c4ccccc4n(c21)-c1c(-c2ccc4ccc(Nc5ccc6c(c5)sc5ccccc56)cc4c2)cccc1-3. The molecule has 52 heavy (non-hydrogen) atoms. The number of nitrogens with one attached hydrogen (secondary N) is 1. The molecule has 8 aromatic carbocycles. The van der Waals surface area contributed by atoms with E-state index in [1.54, 1.807) is 0 Å².